The van der Waals surface area contributed by atoms with Crippen molar-refractivity contribution in [3.63, 3.8) is 0 Å². The number of nitrogens with zero attached hydrogens (tertiary/aromatic N) is 2. The molecule has 1 aromatic rings. The summed E-state index contributed by atoms with van der Waals surface area (Å²) in [6, 6.07) is 2.54. The first-order valence-electron chi connectivity index (χ1n) is 4.54. The van der Waals surface area contributed by atoms with Crippen molar-refractivity contribution in [2.45, 2.75) is 25.9 Å². The molecule has 18 heavy (non-hydrogen) atoms. The molecule has 0 aliphatic carbocycles. The van der Waals surface area contributed by atoms with Gasteiger partial charge in [-0.1, -0.05) is 32.5 Å². The summed E-state index contributed by atoms with van der Waals surface area (Å²) in [5, 5.41) is 11.0. The number of carboxylic acids is 1. The Balaban J connectivity index is 0. The van der Waals surface area contributed by atoms with E-state index in [0.29, 0.717) is 5.16 Å². The van der Waals surface area contributed by atoms with Crippen molar-refractivity contribution in [1.82, 2.24) is 9.97 Å². The van der Waals surface area contributed by atoms with E-state index in [4.69, 9.17) is 23.2 Å². The molecule has 0 aliphatic rings. The summed E-state index contributed by atoms with van der Waals surface area (Å²) in [6.07, 6.45) is 1.85. The van der Waals surface area contributed by atoms with Crippen LogP contribution in [-0.2, 0) is 24.3 Å². The molecule has 1 aromatic heterocycles. The minimum Gasteiger partial charge on any atom is -0.550 e. The van der Waals surface area contributed by atoms with Crippen LogP contribution in [0.4, 0.5) is 0 Å². The van der Waals surface area contributed by atoms with Crippen molar-refractivity contribution in [1.29, 1.82) is 0 Å². The molecule has 0 amide bonds. The summed E-state index contributed by atoms with van der Waals surface area (Å²) in [7, 11) is 0. The predicted molar refractivity (Wildman–Crippen MR) is 67.1 cm³/mol. The number of carbonyl (C=O) groups is 1. The number of aromatic nitrogens is 2. The van der Waals surface area contributed by atoms with Gasteiger partial charge in [-0.3, -0.25) is 0 Å². The zero-order valence-electron chi connectivity index (χ0n) is 10.6. The summed E-state index contributed by atoms with van der Waals surface area (Å²) >= 11 is 12.4. The topological polar surface area (TPSA) is 65.9 Å². The van der Waals surface area contributed by atoms with Crippen LogP contribution in [0.2, 0.25) is 10.3 Å². The first-order chi connectivity index (χ1) is 7.66. The Bertz CT molecular complexity index is 380. The van der Waals surface area contributed by atoms with Gasteiger partial charge in [-0.05, 0) is 16.6 Å². The Hall–Kier alpha value is 0.103. The van der Waals surface area contributed by atoms with Gasteiger partial charge >= 0.3 is 19.5 Å². The monoisotopic (exact) mass is 358 g/mol. The maximum Gasteiger partial charge on any atom is 2.00 e. The van der Waals surface area contributed by atoms with E-state index in [1.807, 2.05) is 6.26 Å². The average molecular weight is 361 g/mol. The molecular weight excluding hydrogens is 348 g/mol. The molecule has 4 nitrogen and oxygen atoms in total. The summed E-state index contributed by atoms with van der Waals surface area (Å²) in [5.41, 5.74) is -0.694. The number of carboxylic acid groups (broad SMARTS) is 1. The molecule has 0 atom stereocenters. The molecule has 0 aliphatic heterocycles. The van der Waals surface area contributed by atoms with Crippen LogP contribution in [-0.4, -0.2) is 22.2 Å². The Morgan fingerprint density at radius 1 is 1.28 bits per heavy atom. The quantitative estimate of drug-likeness (QED) is 0.252. The SMILES string of the molecule is CC(C)(C)C(=O)[O-].CSc1nc(Cl)[c-]c(Cl)n1.[Zn+2]. The van der Waals surface area contributed by atoms with Gasteiger partial charge in [0, 0.05) is 11.4 Å². The van der Waals surface area contributed by atoms with Crippen LogP contribution in [0.1, 0.15) is 20.8 Å². The van der Waals surface area contributed by atoms with Gasteiger partial charge < -0.3 is 16.0 Å². The molecule has 0 radical (unpaired) electrons. The van der Waals surface area contributed by atoms with E-state index in [-0.39, 0.29) is 29.8 Å². The Kier molecular flexibility index (Phi) is 10.3. The van der Waals surface area contributed by atoms with Crippen molar-refractivity contribution in [2.24, 2.45) is 5.41 Å². The summed E-state index contributed by atoms with van der Waals surface area (Å²) in [5.74, 6) is -1.01. The first-order valence-corrected chi connectivity index (χ1v) is 6.52. The fourth-order valence-corrected chi connectivity index (χ4v) is 1.28. The fraction of sp³-hybridized carbons (Fsp3) is 0.500. The Morgan fingerprint density at radius 2 is 1.61 bits per heavy atom. The number of hydrogen-bond donors (Lipinski definition) is 0. The van der Waals surface area contributed by atoms with E-state index in [2.05, 4.69) is 16.0 Å². The number of hydrogen-bond acceptors (Lipinski definition) is 5. The zero-order chi connectivity index (χ0) is 13.6. The Labute approximate surface area is 134 Å². The smallest absolute Gasteiger partial charge is 0.550 e. The third-order valence-electron chi connectivity index (χ3n) is 1.39. The van der Waals surface area contributed by atoms with E-state index < -0.39 is 11.4 Å². The summed E-state index contributed by atoms with van der Waals surface area (Å²) in [4.78, 5) is 17.6. The summed E-state index contributed by atoms with van der Waals surface area (Å²) < 4.78 is 0. The van der Waals surface area contributed by atoms with Crippen LogP contribution in [0.15, 0.2) is 5.16 Å². The second-order valence-electron chi connectivity index (χ2n) is 3.95. The van der Waals surface area contributed by atoms with Crippen molar-refractivity contribution < 1.29 is 29.4 Å². The van der Waals surface area contributed by atoms with E-state index in [0.717, 1.165) is 0 Å². The molecule has 0 spiro atoms. The molecule has 1 heterocycles. The largest absolute Gasteiger partial charge is 2.00 e. The first kappa shape index (κ1) is 20.4. The summed E-state index contributed by atoms with van der Waals surface area (Å²) in [6.45, 7) is 4.80. The molecule has 0 saturated heterocycles. The van der Waals surface area contributed by atoms with Crippen molar-refractivity contribution in [3.05, 3.63) is 16.4 Å². The number of carbonyl (C=O) groups excluding carboxylic acids is 1. The molecular formula is C10H12Cl2N2O2SZn. The van der Waals surface area contributed by atoms with Crippen LogP contribution >= 0.6 is 35.0 Å². The van der Waals surface area contributed by atoms with E-state index in [1.54, 1.807) is 20.8 Å². The molecule has 0 N–H and O–H groups in total. The van der Waals surface area contributed by atoms with Crippen LogP contribution in [0.25, 0.3) is 0 Å². The van der Waals surface area contributed by atoms with Gasteiger partial charge in [0.25, 0.3) is 0 Å². The maximum absolute atomic E-state index is 9.91. The minimum absolute atomic E-state index is 0. The van der Waals surface area contributed by atoms with Crippen molar-refractivity contribution in [2.75, 3.05) is 6.26 Å². The van der Waals surface area contributed by atoms with Crippen molar-refractivity contribution >= 4 is 40.9 Å². The van der Waals surface area contributed by atoms with Gasteiger partial charge in [-0.25, -0.2) is 9.97 Å². The maximum atomic E-state index is 9.91. The van der Waals surface area contributed by atoms with Gasteiger partial charge in [0.2, 0.25) is 0 Å². The number of thioether (sulfide) groups is 1. The second kappa shape index (κ2) is 9.08. The van der Waals surface area contributed by atoms with E-state index >= 15 is 0 Å². The van der Waals surface area contributed by atoms with E-state index in [1.165, 1.54) is 11.8 Å². The van der Waals surface area contributed by atoms with Crippen molar-refractivity contribution in [3.8, 4) is 0 Å². The molecule has 0 bridgehead atoms. The molecule has 96 valence electrons. The van der Waals surface area contributed by atoms with Gasteiger partial charge in [0.05, 0.1) is 0 Å². The second-order valence-corrected chi connectivity index (χ2v) is 5.44. The van der Waals surface area contributed by atoms with Gasteiger partial charge in [-0.2, -0.15) is 0 Å². The zero-order valence-corrected chi connectivity index (χ0v) is 15.9. The number of rotatable bonds is 1. The molecule has 0 saturated carbocycles. The van der Waals surface area contributed by atoms with Gasteiger partial charge in [0.1, 0.15) is 0 Å². The molecule has 0 unspecified atom stereocenters. The molecule has 8 heteroatoms. The third kappa shape index (κ3) is 9.09. The van der Waals surface area contributed by atoms with Crippen LogP contribution in [0.5, 0.6) is 0 Å². The van der Waals surface area contributed by atoms with Crippen LogP contribution < -0.4 is 5.11 Å². The molecule has 1 rings (SSSR count). The fourth-order valence-electron chi connectivity index (χ4n) is 0.425. The van der Waals surface area contributed by atoms with Gasteiger partial charge in [-0.15, -0.1) is 23.2 Å². The number of aliphatic carboxylic acids is 1. The number of halogens is 2. The van der Waals surface area contributed by atoms with Crippen LogP contribution in [0, 0.1) is 11.5 Å². The Morgan fingerprint density at radius 3 is 1.83 bits per heavy atom. The van der Waals surface area contributed by atoms with Crippen LogP contribution in [0.3, 0.4) is 0 Å². The average Bonchev–Trinajstić information content (AvgIpc) is 2.15. The minimum atomic E-state index is -1.01. The normalized spacial score (nSPS) is 9.89. The third-order valence-corrected chi connectivity index (χ3v) is 2.29. The predicted octanol–water partition coefficient (Wildman–Crippen LogP) is 2.09. The molecule has 0 fully saturated rings. The van der Waals surface area contributed by atoms with E-state index in [9.17, 15) is 9.90 Å². The van der Waals surface area contributed by atoms with Gasteiger partial charge in [0.15, 0.2) is 5.16 Å². The molecule has 0 aromatic carbocycles. The standard InChI is InChI=1S/C5H3Cl2N2S.C5H10O2.Zn/c1-10-5-8-3(6)2-4(7)9-5;1-5(2,3)4(6)7;/h1H3;1-3H3,(H,6,7);/q-1;;+2/p-1.